The molecule has 2 heteroatoms. The summed E-state index contributed by atoms with van der Waals surface area (Å²) in [7, 11) is 0. The van der Waals surface area contributed by atoms with Crippen LogP contribution in [0.5, 0.6) is 5.75 Å². The molecule has 2 nitrogen and oxygen atoms in total. The van der Waals surface area contributed by atoms with E-state index in [-0.39, 0.29) is 0 Å². The molecular formula is C18H26O2. The van der Waals surface area contributed by atoms with Crippen molar-refractivity contribution in [1.29, 1.82) is 0 Å². The van der Waals surface area contributed by atoms with Gasteiger partial charge in [0.15, 0.2) is 0 Å². The normalized spacial score (nSPS) is 16.4. The van der Waals surface area contributed by atoms with Crippen LogP contribution in [0.3, 0.4) is 0 Å². The monoisotopic (exact) mass is 274 g/mol. The number of aldehydes is 1. The Morgan fingerprint density at radius 3 is 2.65 bits per heavy atom. The molecular weight excluding hydrogens is 248 g/mol. The van der Waals surface area contributed by atoms with Crippen LogP contribution in [0.15, 0.2) is 18.2 Å². The molecule has 0 heterocycles. The zero-order valence-corrected chi connectivity index (χ0v) is 12.7. The summed E-state index contributed by atoms with van der Waals surface area (Å²) in [4.78, 5) is 10.9. The second-order valence-corrected chi connectivity index (χ2v) is 6.21. The Morgan fingerprint density at radius 2 is 2.00 bits per heavy atom. The Labute approximate surface area is 122 Å². The Hall–Kier alpha value is -1.31. The number of ether oxygens (including phenoxy) is 1. The van der Waals surface area contributed by atoms with Gasteiger partial charge < -0.3 is 4.74 Å². The fourth-order valence-corrected chi connectivity index (χ4v) is 3.03. The summed E-state index contributed by atoms with van der Waals surface area (Å²) in [5.41, 5.74) is 1.87. The van der Waals surface area contributed by atoms with Gasteiger partial charge in [0.25, 0.3) is 0 Å². The lowest BCUT2D eigenvalue weighted by atomic mass is 9.87. The highest BCUT2D eigenvalue weighted by Gasteiger charge is 2.14. The van der Waals surface area contributed by atoms with Gasteiger partial charge in [0.1, 0.15) is 12.0 Å². The Morgan fingerprint density at radius 1 is 1.25 bits per heavy atom. The third kappa shape index (κ3) is 4.09. The summed E-state index contributed by atoms with van der Waals surface area (Å²) >= 11 is 0. The predicted molar refractivity (Wildman–Crippen MR) is 82.6 cm³/mol. The molecule has 110 valence electrons. The first kappa shape index (κ1) is 15.1. The number of carbonyl (C=O) groups excluding carboxylic acids is 1. The standard InChI is InChI=1S/C18H26O2/c1-14(2)17-12-16(13-19)8-9-18(17)20-11-10-15-6-4-3-5-7-15/h8-9,12-15H,3-7,10-11H2,1-2H3. The first-order valence-electron chi connectivity index (χ1n) is 7.92. The molecule has 1 aliphatic rings. The predicted octanol–water partition coefficient (Wildman–Crippen LogP) is 4.97. The van der Waals surface area contributed by atoms with Gasteiger partial charge in [0.05, 0.1) is 6.61 Å². The molecule has 0 radical (unpaired) electrons. The van der Waals surface area contributed by atoms with E-state index in [4.69, 9.17) is 4.74 Å². The van der Waals surface area contributed by atoms with Crippen LogP contribution in [-0.4, -0.2) is 12.9 Å². The lowest BCUT2D eigenvalue weighted by Gasteiger charge is -2.22. The molecule has 1 fully saturated rings. The van der Waals surface area contributed by atoms with Gasteiger partial charge in [0.2, 0.25) is 0 Å². The van der Waals surface area contributed by atoms with Crippen LogP contribution >= 0.6 is 0 Å². The van der Waals surface area contributed by atoms with Crippen LogP contribution in [0.1, 0.15) is 74.2 Å². The van der Waals surface area contributed by atoms with E-state index < -0.39 is 0 Å². The van der Waals surface area contributed by atoms with Crippen LogP contribution in [0, 0.1) is 5.92 Å². The van der Waals surface area contributed by atoms with Crippen molar-refractivity contribution in [2.75, 3.05) is 6.61 Å². The zero-order valence-electron chi connectivity index (χ0n) is 12.7. The van der Waals surface area contributed by atoms with Gasteiger partial charge in [-0.3, -0.25) is 4.79 Å². The van der Waals surface area contributed by atoms with Crippen LogP contribution in [0.25, 0.3) is 0 Å². The van der Waals surface area contributed by atoms with Gasteiger partial charge in [-0.2, -0.15) is 0 Å². The number of hydrogen-bond donors (Lipinski definition) is 0. The minimum atomic E-state index is 0.375. The second-order valence-electron chi connectivity index (χ2n) is 6.21. The summed E-state index contributed by atoms with van der Waals surface area (Å²) in [5.74, 6) is 2.17. The van der Waals surface area contributed by atoms with Crippen LogP contribution < -0.4 is 4.74 Å². The molecule has 20 heavy (non-hydrogen) atoms. The fraction of sp³-hybridized carbons (Fsp3) is 0.611. The number of benzene rings is 1. The molecule has 0 unspecified atom stereocenters. The molecule has 1 aliphatic carbocycles. The van der Waals surface area contributed by atoms with Gasteiger partial charge in [-0.05, 0) is 42.0 Å². The lowest BCUT2D eigenvalue weighted by Crippen LogP contribution is -2.11. The van der Waals surface area contributed by atoms with E-state index >= 15 is 0 Å². The van der Waals surface area contributed by atoms with Gasteiger partial charge in [-0.25, -0.2) is 0 Å². The van der Waals surface area contributed by atoms with E-state index in [2.05, 4.69) is 13.8 Å². The maximum Gasteiger partial charge on any atom is 0.150 e. The van der Waals surface area contributed by atoms with E-state index in [1.807, 2.05) is 18.2 Å². The lowest BCUT2D eigenvalue weighted by molar-refractivity contribution is 0.112. The first-order chi connectivity index (χ1) is 9.70. The van der Waals surface area contributed by atoms with E-state index in [9.17, 15) is 4.79 Å². The van der Waals surface area contributed by atoms with Crippen LogP contribution in [-0.2, 0) is 0 Å². The van der Waals surface area contributed by atoms with Gasteiger partial charge in [-0.15, -0.1) is 0 Å². The summed E-state index contributed by atoms with van der Waals surface area (Å²) in [5, 5.41) is 0. The van der Waals surface area contributed by atoms with Crippen molar-refractivity contribution >= 4 is 6.29 Å². The molecule has 0 aliphatic heterocycles. The summed E-state index contributed by atoms with van der Waals surface area (Å²) < 4.78 is 5.98. The Kier molecular flexibility index (Phi) is 5.63. The Balaban J connectivity index is 1.92. The highest BCUT2D eigenvalue weighted by Crippen LogP contribution is 2.29. The van der Waals surface area contributed by atoms with E-state index in [0.29, 0.717) is 5.92 Å². The second kappa shape index (κ2) is 7.47. The average Bonchev–Trinajstić information content (AvgIpc) is 2.48. The molecule has 0 atom stereocenters. The highest BCUT2D eigenvalue weighted by molar-refractivity contribution is 5.75. The number of carbonyl (C=O) groups is 1. The summed E-state index contributed by atoms with van der Waals surface area (Å²) in [6, 6.07) is 5.74. The largest absolute Gasteiger partial charge is 0.493 e. The molecule has 1 aromatic rings. The van der Waals surface area contributed by atoms with Gasteiger partial charge in [0, 0.05) is 5.56 Å². The molecule has 2 rings (SSSR count). The third-order valence-electron chi connectivity index (χ3n) is 4.30. The smallest absolute Gasteiger partial charge is 0.150 e. The van der Waals surface area contributed by atoms with Crippen molar-refractivity contribution in [3.8, 4) is 5.75 Å². The summed E-state index contributed by atoms with van der Waals surface area (Å²) in [6.45, 7) is 5.07. The molecule has 0 aromatic heterocycles. The first-order valence-corrected chi connectivity index (χ1v) is 7.92. The van der Waals surface area contributed by atoms with Crippen molar-refractivity contribution < 1.29 is 9.53 Å². The van der Waals surface area contributed by atoms with Gasteiger partial charge in [-0.1, -0.05) is 46.0 Å². The number of rotatable bonds is 6. The van der Waals surface area contributed by atoms with Crippen molar-refractivity contribution in [2.24, 2.45) is 5.92 Å². The highest BCUT2D eigenvalue weighted by atomic mass is 16.5. The van der Waals surface area contributed by atoms with Crippen LogP contribution in [0.4, 0.5) is 0 Å². The van der Waals surface area contributed by atoms with Crippen molar-refractivity contribution in [3.63, 3.8) is 0 Å². The molecule has 0 saturated heterocycles. The molecule has 0 N–H and O–H groups in total. The minimum Gasteiger partial charge on any atom is -0.493 e. The number of hydrogen-bond acceptors (Lipinski definition) is 2. The quantitative estimate of drug-likeness (QED) is 0.684. The van der Waals surface area contributed by atoms with E-state index in [1.54, 1.807) is 0 Å². The van der Waals surface area contributed by atoms with Crippen molar-refractivity contribution in [1.82, 2.24) is 0 Å². The fourth-order valence-electron chi connectivity index (χ4n) is 3.03. The van der Waals surface area contributed by atoms with Crippen molar-refractivity contribution in [2.45, 2.75) is 58.3 Å². The topological polar surface area (TPSA) is 26.3 Å². The average molecular weight is 274 g/mol. The molecule has 0 bridgehead atoms. The van der Waals surface area contributed by atoms with E-state index in [1.165, 1.54) is 32.1 Å². The SMILES string of the molecule is CC(C)c1cc(C=O)ccc1OCCC1CCCCC1. The maximum absolute atomic E-state index is 10.9. The minimum absolute atomic E-state index is 0.375. The third-order valence-corrected chi connectivity index (χ3v) is 4.30. The summed E-state index contributed by atoms with van der Waals surface area (Å²) in [6.07, 6.45) is 8.97. The van der Waals surface area contributed by atoms with Crippen LogP contribution in [0.2, 0.25) is 0 Å². The zero-order chi connectivity index (χ0) is 14.4. The van der Waals surface area contributed by atoms with Gasteiger partial charge >= 0.3 is 0 Å². The maximum atomic E-state index is 10.9. The molecule has 1 saturated carbocycles. The molecule has 1 aromatic carbocycles. The van der Waals surface area contributed by atoms with Crippen molar-refractivity contribution in [3.05, 3.63) is 29.3 Å². The Bertz CT molecular complexity index is 431. The molecule has 0 spiro atoms. The van der Waals surface area contributed by atoms with E-state index in [0.717, 1.165) is 42.1 Å². The molecule has 0 amide bonds.